The number of hydrogen-bond acceptors (Lipinski definition) is 4. The van der Waals surface area contributed by atoms with E-state index in [-0.39, 0.29) is 0 Å². The molecular formula is C10H20NO3P. The molecule has 0 amide bonds. The molecule has 0 bridgehead atoms. The van der Waals surface area contributed by atoms with Crippen molar-refractivity contribution in [1.82, 2.24) is 0 Å². The van der Waals surface area contributed by atoms with E-state index in [4.69, 9.17) is 9.05 Å². The Bertz CT molecular complexity index is 293. The third-order valence-electron chi connectivity index (χ3n) is 2.58. The molecule has 0 radical (unpaired) electrons. The zero-order valence-corrected chi connectivity index (χ0v) is 10.8. The Labute approximate surface area is 91.6 Å². The predicted molar refractivity (Wildman–Crippen MR) is 61.6 cm³/mol. The summed E-state index contributed by atoms with van der Waals surface area (Å²) >= 11 is 0. The van der Waals surface area contributed by atoms with Crippen molar-refractivity contribution in [2.45, 2.75) is 45.8 Å². The van der Waals surface area contributed by atoms with Crippen LogP contribution in [0, 0.1) is 0 Å². The second-order valence-electron chi connectivity index (χ2n) is 3.90. The molecule has 1 aliphatic rings. The average Bonchev–Trinajstić information content (AvgIpc) is 2.49. The minimum absolute atomic E-state index is 0.390. The largest absolute Gasteiger partial charge is 0.357 e. The molecule has 1 rings (SSSR count). The van der Waals surface area contributed by atoms with Gasteiger partial charge in [-0.2, -0.15) is 0 Å². The van der Waals surface area contributed by atoms with E-state index in [0.717, 1.165) is 18.6 Å². The van der Waals surface area contributed by atoms with Gasteiger partial charge in [-0.25, -0.2) is 0 Å². The Morgan fingerprint density at radius 2 is 1.93 bits per heavy atom. The van der Waals surface area contributed by atoms with Crippen molar-refractivity contribution in [3.8, 4) is 0 Å². The summed E-state index contributed by atoms with van der Waals surface area (Å²) in [5.74, 6) is 0. The monoisotopic (exact) mass is 233 g/mol. The standard InChI is InChI=1S/C10H20NO3P/c1-5-13-15(12,14-6-2)10(4)8-7-9(3)11-10/h5-8H2,1-4H3/t10-/m1/s1. The van der Waals surface area contributed by atoms with Crippen LogP contribution < -0.4 is 0 Å². The molecule has 0 aromatic carbocycles. The molecule has 0 fully saturated rings. The highest BCUT2D eigenvalue weighted by Gasteiger charge is 2.49. The quantitative estimate of drug-likeness (QED) is 0.685. The van der Waals surface area contributed by atoms with Crippen LogP contribution in [0.25, 0.3) is 0 Å². The number of hydrogen-bond donors (Lipinski definition) is 0. The van der Waals surface area contributed by atoms with Gasteiger partial charge in [0.2, 0.25) is 0 Å². The first kappa shape index (κ1) is 12.9. The Kier molecular flexibility index (Phi) is 4.10. The fourth-order valence-corrected chi connectivity index (χ4v) is 3.78. The summed E-state index contributed by atoms with van der Waals surface area (Å²) in [5.41, 5.74) is 1.03. The summed E-state index contributed by atoms with van der Waals surface area (Å²) in [5, 5.41) is -0.677. The predicted octanol–water partition coefficient (Wildman–Crippen LogP) is 3.22. The molecule has 5 heteroatoms. The van der Waals surface area contributed by atoms with Gasteiger partial charge >= 0.3 is 7.60 Å². The number of rotatable bonds is 5. The van der Waals surface area contributed by atoms with Gasteiger partial charge in [0, 0.05) is 5.71 Å². The molecule has 0 saturated carbocycles. The molecule has 0 spiro atoms. The summed E-state index contributed by atoms with van der Waals surface area (Å²) in [6, 6.07) is 0. The van der Waals surface area contributed by atoms with Crippen LogP contribution in [-0.2, 0) is 13.6 Å². The van der Waals surface area contributed by atoms with Crippen LogP contribution in [-0.4, -0.2) is 24.2 Å². The fraction of sp³-hybridized carbons (Fsp3) is 0.900. The first-order valence-electron chi connectivity index (χ1n) is 5.42. The van der Waals surface area contributed by atoms with Gasteiger partial charge in [-0.1, -0.05) is 0 Å². The Balaban J connectivity index is 2.94. The Hall–Kier alpha value is -0.180. The van der Waals surface area contributed by atoms with Gasteiger partial charge in [-0.15, -0.1) is 0 Å². The summed E-state index contributed by atoms with van der Waals surface area (Å²) in [6.45, 7) is 8.23. The van der Waals surface area contributed by atoms with E-state index in [0.29, 0.717) is 13.2 Å². The minimum atomic E-state index is -3.10. The lowest BCUT2D eigenvalue weighted by Crippen LogP contribution is -2.22. The molecule has 0 aromatic rings. The lowest BCUT2D eigenvalue weighted by molar-refractivity contribution is 0.199. The fourth-order valence-electron chi connectivity index (χ4n) is 1.79. The lowest BCUT2D eigenvalue weighted by Gasteiger charge is -2.29. The summed E-state index contributed by atoms with van der Waals surface area (Å²) < 4.78 is 23.2. The van der Waals surface area contributed by atoms with Crippen molar-refractivity contribution in [2.24, 2.45) is 4.99 Å². The van der Waals surface area contributed by atoms with E-state index in [9.17, 15) is 4.57 Å². The summed E-state index contributed by atoms with van der Waals surface area (Å²) in [6.07, 6.45) is 1.62. The van der Waals surface area contributed by atoms with E-state index >= 15 is 0 Å². The SMILES string of the molecule is CCOP(=O)(OCC)[C@]1(C)CCC(C)=N1. The number of nitrogens with zero attached hydrogens (tertiary/aromatic N) is 1. The summed E-state index contributed by atoms with van der Waals surface area (Å²) in [7, 11) is -3.10. The zero-order valence-electron chi connectivity index (χ0n) is 9.95. The number of aliphatic imine (C=N–C) groups is 1. The zero-order chi connectivity index (χ0) is 11.5. The van der Waals surface area contributed by atoms with Gasteiger partial charge in [0.05, 0.1) is 13.2 Å². The summed E-state index contributed by atoms with van der Waals surface area (Å²) in [4.78, 5) is 4.43. The second-order valence-corrected chi connectivity index (χ2v) is 6.37. The molecule has 0 saturated heterocycles. The van der Waals surface area contributed by atoms with Crippen LogP contribution >= 0.6 is 7.60 Å². The Morgan fingerprint density at radius 3 is 2.27 bits per heavy atom. The van der Waals surface area contributed by atoms with E-state index in [2.05, 4.69) is 4.99 Å². The minimum Gasteiger partial charge on any atom is -0.307 e. The van der Waals surface area contributed by atoms with Crippen molar-refractivity contribution in [3.05, 3.63) is 0 Å². The van der Waals surface area contributed by atoms with Crippen molar-refractivity contribution < 1.29 is 13.6 Å². The van der Waals surface area contributed by atoms with E-state index < -0.39 is 12.9 Å². The Morgan fingerprint density at radius 1 is 1.40 bits per heavy atom. The molecule has 0 N–H and O–H groups in total. The molecule has 1 aliphatic heterocycles. The van der Waals surface area contributed by atoms with Gasteiger partial charge < -0.3 is 9.05 Å². The maximum Gasteiger partial charge on any atom is 0.357 e. The molecular weight excluding hydrogens is 213 g/mol. The third kappa shape index (κ3) is 2.49. The molecule has 4 nitrogen and oxygen atoms in total. The highest BCUT2D eigenvalue weighted by atomic mass is 31.2. The van der Waals surface area contributed by atoms with Crippen LogP contribution in [0.3, 0.4) is 0 Å². The van der Waals surface area contributed by atoms with Crippen LogP contribution in [0.1, 0.15) is 40.5 Å². The molecule has 88 valence electrons. The van der Waals surface area contributed by atoms with Crippen molar-refractivity contribution >= 4 is 13.3 Å². The highest BCUT2D eigenvalue weighted by molar-refractivity contribution is 7.55. The molecule has 0 aromatic heterocycles. The highest BCUT2D eigenvalue weighted by Crippen LogP contribution is 2.63. The second kappa shape index (κ2) is 4.77. The van der Waals surface area contributed by atoms with E-state index in [1.807, 2.05) is 27.7 Å². The van der Waals surface area contributed by atoms with E-state index in [1.54, 1.807) is 0 Å². The van der Waals surface area contributed by atoms with Crippen LogP contribution in [0.15, 0.2) is 4.99 Å². The smallest absolute Gasteiger partial charge is 0.307 e. The van der Waals surface area contributed by atoms with Gasteiger partial charge in [0.1, 0.15) is 0 Å². The van der Waals surface area contributed by atoms with Crippen LogP contribution in [0.5, 0.6) is 0 Å². The van der Waals surface area contributed by atoms with Crippen molar-refractivity contribution in [2.75, 3.05) is 13.2 Å². The first-order chi connectivity index (χ1) is 6.97. The van der Waals surface area contributed by atoms with Gasteiger partial charge in [-0.3, -0.25) is 9.56 Å². The van der Waals surface area contributed by atoms with Gasteiger partial charge in [0.15, 0.2) is 5.28 Å². The van der Waals surface area contributed by atoms with Gasteiger partial charge in [-0.05, 0) is 40.5 Å². The topological polar surface area (TPSA) is 47.9 Å². The maximum atomic E-state index is 12.5. The third-order valence-corrected chi connectivity index (χ3v) is 5.28. The maximum absolute atomic E-state index is 12.5. The average molecular weight is 233 g/mol. The van der Waals surface area contributed by atoms with E-state index in [1.165, 1.54) is 0 Å². The first-order valence-corrected chi connectivity index (χ1v) is 6.96. The lowest BCUT2D eigenvalue weighted by atomic mass is 10.2. The van der Waals surface area contributed by atoms with Crippen LogP contribution in [0.2, 0.25) is 0 Å². The van der Waals surface area contributed by atoms with Gasteiger partial charge in [0.25, 0.3) is 0 Å². The normalized spacial score (nSPS) is 26.8. The van der Waals surface area contributed by atoms with Crippen molar-refractivity contribution in [1.29, 1.82) is 0 Å². The molecule has 1 heterocycles. The molecule has 0 unspecified atom stereocenters. The molecule has 1 atom stereocenters. The van der Waals surface area contributed by atoms with Crippen molar-refractivity contribution in [3.63, 3.8) is 0 Å². The van der Waals surface area contributed by atoms with Crippen LogP contribution in [0.4, 0.5) is 0 Å². The molecule has 0 aliphatic carbocycles. The molecule has 15 heavy (non-hydrogen) atoms.